The Hall–Kier alpha value is -8.92. The van der Waals surface area contributed by atoms with E-state index in [9.17, 15) is 0 Å². The van der Waals surface area contributed by atoms with Gasteiger partial charge in [-0.1, -0.05) is 200 Å². The van der Waals surface area contributed by atoms with Crippen LogP contribution in [-0.2, 0) is 0 Å². The normalized spacial score (nSPS) is 13.8. The number of rotatable bonds is 9. The summed E-state index contributed by atoms with van der Waals surface area (Å²) in [6.07, 6.45) is 5.74. The predicted molar refractivity (Wildman–Crippen MR) is 290 cm³/mol. The van der Waals surface area contributed by atoms with Gasteiger partial charge in [0, 0.05) is 50.1 Å². The van der Waals surface area contributed by atoms with E-state index < -0.39 is 0 Å². The van der Waals surface area contributed by atoms with Crippen molar-refractivity contribution in [3.63, 3.8) is 0 Å². The third-order valence-electron chi connectivity index (χ3n) is 14.0. The van der Waals surface area contributed by atoms with Gasteiger partial charge in [0.25, 0.3) is 0 Å². The van der Waals surface area contributed by atoms with E-state index in [1.54, 1.807) is 0 Å². The molecule has 0 fully saturated rings. The quantitative estimate of drug-likeness (QED) is 0.144. The minimum Gasteiger partial charge on any atom is -0.456 e. The lowest BCUT2D eigenvalue weighted by Gasteiger charge is -2.29. The number of allylic oxidation sites excluding steroid dienone is 4. The minimum atomic E-state index is 0.0889. The maximum atomic E-state index is 6.46. The first-order chi connectivity index (χ1) is 34.2. The monoisotopic (exact) mass is 882 g/mol. The molecular weight excluding hydrogens is 837 g/mol. The van der Waals surface area contributed by atoms with Crippen molar-refractivity contribution in [3.05, 3.63) is 272 Å². The van der Waals surface area contributed by atoms with Crippen LogP contribution >= 0.6 is 0 Å². The van der Waals surface area contributed by atoms with Crippen LogP contribution in [-0.4, -0.2) is 4.57 Å². The Morgan fingerprint density at radius 3 is 1.62 bits per heavy atom. The Kier molecular flexibility index (Phi) is 9.98. The summed E-state index contributed by atoms with van der Waals surface area (Å²) in [5.74, 6) is 0.0889. The first-order valence-electron chi connectivity index (χ1n) is 23.8. The van der Waals surface area contributed by atoms with Crippen molar-refractivity contribution in [1.82, 2.24) is 4.57 Å². The first kappa shape index (κ1) is 40.4. The molecule has 2 heterocycles. The lowest BCUT2D eigenvalue weighted by molar-refractivity contribution is 0.669. The summed E-state index contributed by atoms with van der Waals surface area (Å²) in [7, 11) is 0. The molecule has 0 saturated heterocycles. The van der Waals surface area contributed by atoms with Crippen molar-refractivity contribution in [2.45, 2.75) is 12.3 Å². The fraction of sp³-hybridized carbons (Fsp3) is 0.0303. The first-order valence-corrected chi connectivity index (χ1v) is 23.8. The Labute approximate surface area is 401 Å². The Morgan fingerprint density at radius 2 is 0.913 bits per heavy atom. The summed E-state index contributed by atoms with van der Waals surface area (Å²) in [6.45, 7) is 0. The fourth-order valence-corrected chi connectivity index (χ4v) is 10.8. The number of fused-ring (bicyclic) bond motifs is 6. The number of hydrogen-bond acceptors (Lipinski definition) is 2. The van der Waals surface area contributed by atoms with Crippen LogP contribution in [0.3, 0.4) is 0 Å². The number of nitrogens with zero attached hydrogens (tertiary/aromatic N) is 2. The van der Waals surface area contributed by atoms with Gasteiger partial charge in [-0.15, -0.1) is 0 Å². The van der Waals surface area contributed by atoms with Gasteiger partial charge in [-0.2, -0.15) is 0 Å². The summed E-state index contributed by atoms with van der Waals surface area (Å²) in [4.78, 5) is 2.42. The average Bonchev–Trinajstić information content (AvgIpc) is 3.98. The van der Waals surface area contributed by atoms with Gasteiger partial charge >= 0.3 is 0 Å². The smallest absolute Gasteiger partial charge is 0.136 e. The molecule has 0 aliphatic heterocycles. The maximum absolute atomic E-state index is 6.46. The lowest BCUT2D eigenvalue weighted by atomic mass is 9.83. The fourth-order valence-electron chi connectivity index (χ4n) is 10.8. The zero-order valence-corrected chi connectivity index (χ0v) is 37.9. The van der Waals surface area contributed by atoms with Gasteiger partial charge in [0.05, 0.1) is 16.7 Å². The highest BCUT2D eigenvalue weighted by Crippen LogP contribution is 2.47. The molecule has 3 nitrogen and oxygen atoms in total. The molecule has 10 aromatic carbocycles. The molecule has 3 heteroatoms. The van der Waals surface area contributed by atoms with E-state index in [4.69, 9.17) is 4.42 Å². The SMILES string of the molecule is C1=C(c2cccc3oc4ccccc4c23)CC(c2ccc(N(c3ccc(-c4ccccc4)cc3)c3ccccc3-c3ccccc3-c3ccccc3)cc2)C=C1n1c2ccccc2c2ccccc21. The molecule has 12 aromatic rings. The van der Waals surface area contributed by atoms with E-state index in [-0.39, 0.29) is 5.92 Å². The standard InChI is InChI=1S/C66H46N2O/c1-3-18-45(19-4-1)46-34-38-51(39-35-46)67(61-29-13-9-24-57(61)56-23-8-7-22-54(56)48-20-5-2-6-21-48)52-40-36-47(37-41-52)49-42-50(55-28-17-33-65-66(55)60-27-12-16-32-64(60)69-65)44-53(43-49)68-62-30-14-10-25-58(62)59-26-11-15-31-63(59)68/h1-41,43-44,49H,42H2. The van der Waals surface area contributed by atoms with Gasteiger partial charge in [-0.05, 0) is 112 Å². The number of benzene rings is 10. The molecular formula is C66H46N2O. The largest absolute Gasteiger partial charge is 0.456 e. The van der Waals surface area contributed by atoms with Crippen LogP contribution in [0.1, 0.15) is 23.5 Å². The van der Waals surface area contributed by atoms with Crippen LogP contribution in [0.15, 0.2) is 265 Å². The highest BCUT2D eigenvalue weighted by atomic mass is 16.3. The molecule has 0 amide bonds. The van der Waals surface area contributed by atoms with Crippen molar-refractivity contribution in [3.8, 4) is 33.4 Å². The van der Waals surface area contributed by atoms with Gasteiger partial charge < -0.3 is 13.9 Å². The molecule has 326 valence electrons. The van der Waals surface area contributed by atoms with E-state index in [0.29, 0.717) is 0 Å². The zero-order valence-electron chi connectivity index (χ0n) is 37.9. The minimum absolute atomic E-state index is 0.0889. The number of anilines is 3. The number of furan rings is 1. The van der Waals surface area contributed by atoms with Crippen molar-refractivity contribution < 1.29 is 4.42 Å². The maximum Gasteiger partial charge on any atom is 0.136 e. The Bertz CT molecular complexity index is 3860. The van der Waals surface area contributed by atoms with Crippen LogP contribution in [0.25, 0.3) is 88.4 Å². The molecule has 1 unspecified atom stereocenters. The molecule has 1 atom stereocenters. The van der Waals surface area contributed by atoms with Crippen molar-refractivity contribution in [1.29, 1.82) is 0 Å². The summed E-state index contributed by atoms with van der Waals surface area (Å²) < 4.78 is 8.92. The highest BCUT2D eigenvalue weighted by Gasteiger charge is 2.25. The van der Waals surface area contributed by atoms with Crippen LogP contribution in [0.5, 0.6) is 0 Å². The van der Waals surface area contributed by atoms with Crippen molar-refractivity contribution in [2.24, 2.45) is 0 Å². The second kappa shape index (κ2) is 17.1. The number of para-hydroxylation sites is 4. The van der Waals surface area contributed by atoms with E-state index in [1.165, 1.54) is 77.4 Å². The van der Waals surface area contributed by atoms with Gasteiger partial charge in [-0.3, -0.25) is 0 Å². The van der Waals surface area contributed by atoms with E-state index in [1.807, 2.05) is 0 Å². The second-order valence-electron chi connectivity index (χ2n) is 18.0. The zero-order chi connectivity index (χ0) is 45.7. The third-order valence-corrected chi connectivity index (χ3v) is 14.0. The second-order valence-corrected chi connectivity index (χ2v) is 18.0. The number of hydrogen-bond donors (Lipinski definition) is 0. The van der Waals surface area contributed by atoms with Crippen LogP contribution < -0.4 is 4.90 Å². The molecule has 13 rings (SSSR count). The molecule has 1 aliphatic carbocycles. The Morgan fingerprint density at radius 1 is 0.391 bits per heavy atom. The molecule has 0 radical (unpaired) electrons. The van der Waals surface area contributed by atoms with Gasteiger partial charge in [0.1, 0.15) is 11.2 Å². The van der Waals surface area contributed by atoms with Crippen LogP contribution in [0.4, 0.5) is 17.1 Å². The number of aromatic nitrogens is 1. The van der Waals surface area contributed by atoms with Crippen LogP contribution in [0.2, 0.25) is 0 Å². The topological polar surface area (TPSA) is 21.3 Å². The molecule has 0 bridgehead atoms. The van der Waals surface area contributed by atoms with E-state index >= 15 is 0 Å². The molecule has 2 aromatic heterocycles. The molecule has 0 saturated carbocycles. The van der Waals surface area contributed by atoms with E-state index in [0.717, 1.165) is 45.6 Å². The summed E-state index contributed by atoms with van der Waals surface area (Å²) >= 11 is 0. The summed E-state index contributed by atoms with van der Waals surface area (Å²) in [5.41, 5.74) is 19.5. The van der Waals surface area contributed by atoms with Crippen LogP contribution in [0, 0.1) is 0 Å². The Balaban J connectivity index is 0.961. The van der Waals surface area contributed by atoms with Gasteiger partial charge in [0.15, 0.2) is 0 Å². The molecule has 0 N–H and O–H groups in total. The highest BCUT2D eigenvalue weighted by molar-refractivity contribution is 6.13. The third kappa shape index (κ3) is 7.15. The summed E-state index contributed by atoms with van der Waals surface area (Å²) in [5, 5.41) is 4.81. The molecule has 69 heavy (non-hydrogen) atoms. The van der Waals surface area contributed by atoms with Gasteiger partial charge in [-0.25, -0.2) is 0 Å². The predicted octanol–water partition coefficient (Wildman–Crippen LogP) is 18.3. The van der Waals surface area contributed by atoms with Crippen molar-refractivity contribution >= 4 is 72.1 Å². The lowest BCUT2D eigenvalue weighted by Crippen LogP contribution is -2.12. The molecule has 0 spiro atoms. The average molecular weight is 883 g/mol. The van der Waals surface area contributed by atoms with E-state index in [2.05, 4.69) is 270 Å². The van der Waals surface area contributed by atoms with Crippen molar-refractivity contribution in [2.75, 3.05) is 4.90 Å². The summed E-state index contributed by atoms with van der Waals surface area (Å²) in [6, 6.07) is 89.8. The molecule has 1 aliphatic rings. The van der Waals surface area contributed by atoms with Gasteiger partial charge in [0.2, 0.25) is 0 Å².